The van der Waals surface area contributed by atoms with Gasteiger partial charge in [-0.2, -0.15) is 0 Å². The van der Waals surface area contributed by atoms with Gasteiger partial charge in [-0.1, -0.05) is 0 Å². The summed E-state index contributed by atoms with van der Waals surface area (Å²) in [6.45, 7) is 36.8. The minimum atomic E-state index is -0.354. The number of nitrogens with two attached hydrogens (primary N) is 2. The molecule has 0 aromatic rings. The maximum absolute atomic E-state index is 10.5. The van der Waals surface area contributed by atoms with Crippen LogP contribution in [0.2, 0.25) is 0 Å². The van der Waals surface area contributed by atoms with Crippen molar-refractivity contribution < 1.29 is 140 Å². The largest absolute Gasteiger partial charge is 0.377 e. The molecule has 8 atom stereocenters. The van der Waals surface area contributed by atoms with Gasteiger partial charge in [-0.3, -0.25) is 9.80 Å². The van der Waals surface area contributed by atoms with Crippen LogP contribution >= 0.6 is 0 Å². The Morgan fingerprint density at radius 1 is 0.643 bits per heavy atom. The van der Waals surface area contributed by atoms with Crippen molar-refractivity contribution in [1.82, 2.24) is 31.1 Å². The molecule has 3 heterocycles. The number of carbonyl (C=O) groups excluding carboxylic acids is 2. The second-order valence-electron chi connectivity index (χ2n) is 10.5. The first-order valence-corrected chi connectivity index (χ1v) is 13.9. The molecule has 0 aromatic heterocycles. The van der Waals surface area contributed by atoms with E-state index in [1.54, 1.807) is 13.8 Å². The molecule has 4 radical (unpaired) electrons. The van der Waals surface area contributed by atoms with Crippen LogP contribution in [-0.4, -0.2) is 109 Å². The summed E-state index contributed by atoms with van der Waals surface area (Å²) in [5.74, 6) is -0.708. The summed E-state index contributed by atoms with van der Waals surface area (Å²) in [6.07, 6.45) is 0. The van der Waals surface area contributed by atoms with Crippen molar-refractivity contribution in [2.24, 2.45) is 11.5 Å². The first-order valence-electron chi connectivity index (χ1n) is 13.9. The van der Waals surface area contributed by atoms with E-state index in [1.165, 1.54) is 26.2 Å². The van der Waals surface area contributed by atoms with Crippen LogP contribution in [0.25, 0.3) is 0 Å². The van der Waals surface area contributed by atoms with Crippen LogP contribution in [0.3, 0.4) is 0 Å². The molecule has 14 heteroatoms. The summed E-state index contributed by atoms with van der Waals surface area (Å²) in [5, 5.41) is 11.6. The Labute approximate surface area is 360 Å². The minimum Gasteiger partial charge on any atom is -0.377 e. The van der Waals surface area contributed by atoms with Gasteiger partial charge in [-0.15, -0.1) is 13.1 Å². The topological polar surface area (TPSA) is 141 Å². The van der Waals surface area contributed by atoms with Crippen molar-refractivity contribution in [3.05, 3.63) is 27.7 Å². The monoisotopic (exact) mass is 896 g/mol. The maximum Gasteiger partial charge on any atom is 0.0799 e. The smallest absolute Gasteiger partial charge is 0.0799 e. The second kappa shape index (κ2) is 33.7. The number of amides is 2. The molecule has 0 aromatic carbocycles. The summed E-state index contributed by atoms with van der Waals surface area (Å²) < 4.78 is 0. The number of nitrogens with one attached hydrogen (secondary N) is 4. The standard InChI is InChI=1S/C8H14N2O2.C8H16N2.C8H18N2.C4H12N2.4Y/c1-5(9-7(3)11)6(2)10-8(4)12;1-7-8(2)10-5-3-9(7)4-6-10;1-5-9-7(3)8(4)10-6-2;1-3(5)4(2)6;;;;/h5-6H,3-4H2,1-2H3,(H,9,11)(H,10,12);7-8H,3-6H2,1-2H3;7-10H,1-2,5-6H2,3-4H3;3-4H,5-6H2,1-2H3;;;;/q-2;;-2;;;;;/t5-,6-;;7-,8-;3-,4-;;;;/m0.00..../s1. The van der Waals surface area contributed by atoms with Crippen LogP contribution in [0.4, 0.5) is 0 Å². The molecule has 2 amide bonds. The first-order chi connectivity index (χ1) is 17.6. The normalized spacial score (nSPS) is 23.7. The molecule has 0 spiro atoms. The molecular weight excluding hydrogens is 836 g/mol. The van der Waals surface area contributed by atoms with Crippen LogP contribution in [0.15, 0.2) is 0 Å². The predicted molar refractivity (Wildman–Crippen MR) is 161 cm³/mol. The van der Waals surface area contributed by atoms with Gasteiger partial charge in [0.1, 0.15) is 0 Å². The first kappa shape index (κ1) is 57.1. The van der Waals surface area contributed by atoms with Gasteiger partial charge < -0.3 is 70.0 Å². The van der Waals surface area contributed by atoms with E-state index in [-0.39, 0.29) is 167 Å². The molecule has 2 bridgehead atoms. The third kappa shape index (κ3) is 29.0. The molecule has 3 rings (SSSR count). The summed E-state index contributed by atoms with van der Waals surface area (Å²) in [7, 11) is 0. The van der Waals surface area contributed by atoms with Gasteiger partial charge in [0.05, 0.1) is 11.8 Å². The fourth-order valence-electron chi connectivity index (χ4n) is 3.73. The van der Waals surface area contributed by atoms with Crippen LogP contribution in [-0.2, 0) is 140 Å². The molecule has 3 aliphatic heterocycles. The number of fused-ring (bicyclic) bond motifs is 3. The van der Waals surface area contributed by atoms with Crippen molar-refractivity contribution in [1.29, 1.82) is 0 Å². The Balaban J connectivity index is -0.000000102. The van der Waals surface area contributed by atoms with Crippen molar-refractivity contribution in [3.63, 3.8) is 0 Å². The van der Waals surface area contributed by atoms with Gasteiger partial charge in [0.25, 0.3) is 0 Å². The van der Waals surface area contributed by atoms with Crippen molar-refractivity contribution >= 4 is 11.8 Å². The SMILES string of the molecule is CC1C(C)N2CCN1CC2.C[C@H](N)[C@H](C)N.[CH2-]C(=O)N[C@@H](C)[C@H](C)NC([CH2-])=O.[CH2-]CN[C@@H](C)[C@H](C)NC[CH2-].[Y].[Y].[Y].[Y]. The molecule has 10 nitrogen and oxygen atoms in total. The fraction of sp³-hybridized carbons (Fsp3) is 0.786. The van der Waals surface area contributed by atoms with Gasteiger partial charge in [0.2, 0.25) is 0 Å². The van der Waals surface area contributed by atoms with E-state index in [0.717, 1.165) is 25.2 Å². The average Bonchev–Trinajstić information content (AvgIpc) is 2.83. The summed E-state index contributed by atoms with van der Waals surface area (Å²) in [4.78, 5) is 26.2. The molecular formula is C28H60N8O2Y4-4. The summed E-state index contributed by atoms with van der Waals surface area (Å²) in [6, 6.07) is 2.51. The zero-order chi connectivity index (χ0) is 30.0. The molecule has 240 valence electrons. The molecule has 8 N–H and O–H groups in total. The van der Waals surface area contributed by atoms with E-state index >= 15 is 0 Å². The molecule has 3 saturated heterocycles. The molecule has 3 aliphatic rings. The zero-order valence-electron chi connectivity index (χ0n) is 27.9. The Kier molecular flexibility index (Phi) is 45.9. The molecule has 0 saturated carbocycles. The average molecular weight is 896 g/mol. The Morgan fingerprint density at radius 3 is 1.02 bits per heavy atom. The van der Waals surface area contributed by atoms with Crippen LogP contribution in [0.1, 0.15) is 55.4 Å². The summed E-state index contributed by atoms with van der Waals surface area (Å²) >= 11 is 0. The van der Waals surface area contributed by atoms with E-state index in [1.807, 2.05) is 13.8 Å². The molecule has 42 heavy (non-hydrogen) atoms. The molecule has 0 aliphatic carbocycles. The maximum atomic E-state index is 10.5. The van der Waals surface area contributed by atoms with Crippen molar-refractivity contribution in [2.45, 2.75) is 104 Å². The zero-order valence-corrected chi connectivity index (χ0v) is 39.2. The van der Waals surface area contributed by atoms with E-state index in [2.05, 4.69) is 86.5 Å². The number of carbonyl (C=O) groups is 2. The van der Waals surface area contributed by atoms with Gasteiger partial charge in [0, 0.05) is 205 Å². The van der Waals surface area contributed by atoms with Crippen LogP contribution < -0.4 is 32.7 Å². The van der Waals surface area contributed by atoms with Crippen molar-refractivity contribution in [2.75, 3.05) is 39.3 Å². The van der Waals surface area contributed by atoms with Gasteiger partial charge in [-0.25, -0.2) is 0 Å². The number of nitrogens with zero attached hydrogens (tertiary/aromatic N) is 2. The Morgan fingerprint density at radius 2 is 0.881 bits per heavy atom. The van der Waals surface area contributed by atoms with Crippen molar-refractivity contribution in [3.8, 4) is 0 Å². The second-order valence-corrected chi connectivity index (χ2v) is 10.5. The Hall–Kier alpha value is 2.86. The Bertz CT molecular complexity index is 575. The van der Waals surface area contributed by atoms with E-state index < -0.39 is 0 Å². The van der Waals surface area contributed by atoms with Crippen LogP contribution in [0.5, 0.6) is 0 Å². The predicted octanol–water partition coefficient (Wildman–Crippen LogP) is 0.340. The molecule has 2 unspecified atom stereocenters. The minimum absolute atomic E-state index is 0. The van der Waals surface area contributed by atoms with E-state index in [9.17, 15) is 9.59 Å². The van der Waals surface area contributed by atoms with Gasteiger partial charge in [0.15, 0.2) is 0 Å². The third-order valence-electron chi connectivity index (χ3n) is 7.24. The van der Waals surface area contributed by atoms with Crippen LogP contribution in [0, 0.1) is 27.7 Å². The molecule has 3 fully saturated rings. The number of hydrogen-bond acceptors (Lipinski definition) is 8. The quantitative estimate of drug-likeness (QED) is 0.183. The third-order valence-corrected chi connectivity index (χ3v) is 7.24. The number of hydrogen-bond donors (Lipinski definition) is 6. The fourth-order valence-corrected chi connectivity index (χ4v) is 3.73. The summed E-state index contributed by atoms with van der Waals surface area (Å²) in [5.41, 5.74) is 10.6. The number of rotatable bonds is 9. The van der Waals surface area contributed by atoms with Gasteiger partial charge in [-0.05, 0) is 55.4 Å². The van der Waals surface area contributed by atoms with E-state index in [4.69, 9.17) is 11.5 Å². The van der Waals surface area contributed by atoms with E-state index in [0.29, 0.717) is 12.1 Å². The number of piperazine rings is 3. The van der Waals surface area contributed by atoms with Gasteiger partial charge >= 0.3 is 0 Å².